The van der Waals surface area contributed by atoms with Gasteiger partial charge in [-0.1, -0.05) is 17.4 Å². The van der Waals surface area contributed by atoms with Crippen LogP contribution in [0.15, 0.2) is 18.2 Å². The number of halogens is 1. The number of phenols is 1. The van der Waals surface area contributed by atoms with Gasteiger partial charge in [-0.2, -0.15) is 9.61 Å². The van der Waals surface area contributed by atoms with Gasteiger partial charge in [-0.05, 0) is 18.6 Å². The number of aromatic hydroxyl groups is 1. The van der Waals surface area contributed by atoms with Crippen molar-refractivity contribution in [3.63, 3.8) is 0 Å². The summed E-state index contributed by atoms with van der Waals surface area (Å²) < 4.78 is 20.9. The molecule has 1 aliphatic heterocycles. The van der Waals surface area contributed by atoms with Crippen LogP contribution in [-0.2, 0) is 4.74 Å². The van der Waals surface area contributed by atoms with Crippen LogP contribution in [0, 0.1) is 5.82 Å². The zero-order valence-corrected chi connectivity index (χ0v) is 11.7. The summed E-state index contributed by atoms with van der Waals surface area (Å²) in [6.45, 7) is 1.29. The molecule has 1 N–H and O–H groups in total. The predicted octanol–water partition coefficient (Wildman–Crippen LogP) is 2.20. The van der Waals surface area contributed by atoms with E-state index in [2.05, 4.69) is 15.3 Å². The van der Waals surface area contributed by atoms with Crippen molar-refractivity contribution in [2.45, 2.75) is 12.3 Å². The molecule has 108 valence electrons. The molecular weight excluding hydrogens is 295 g/mol. The lowest BCUT2D eigenvalue weighted by molar-refractivity contribution is 0.193. The molecule has 2 aromatic heterocycles. The first-order valence-corrected chi connectivity index (χ1v) is 7.33. The van der Waals surface area contributed by atoms with Crippen molar-refractivity contribution in [2.24, 2.45) is 0 Å². The third-order valence-corrected chi connectivity index (χ3v) is 4.43. The molecular formula is C13H11FN4O2S. The van der Waals surface area contributed by atoms with Crippen molar-refractivity contribution >= 4 is 16.3 Å². The number of ether oxygens (including phenoxy) is 1. The third-order valence-electron chi connectivity index (χ3n) is 3.52. The van der Waals surface area contributed by atoms with Crippen LogP contribution >= 0.6 is 11.3 Å². The molecule has 3 heterocycles. The number of nitrogens with zero attached hydrogens (tertiary/aromatic N) is 4. The van der Waals surface area contributed by atoms with Gasteiger partial charge in [0, 0.05) is 12.5 Å². The first-order chi connectivity index (χ1) is 10.2. The summed E-state index contributed by atoms with van der Waals surface area (Å²) in [6.07, 6.45) is 0.874. The number of benzene rings is 1. The fourth-order valence-electron chi connectivity index (χ4n) is 2.45. The highest BCUT2D eigenvalue weighted by atomic mass is 32.1. The zero-order chi connectivity index (χ0) is 14.4. The summed E-state index contributed by atoms with van der Waals surface area (Å²) in [6, 6.07) is 4.19. The summed E-state index contributed by atoms with van der Waals surface area (Å²) in [4.78, 5) is 0.578. The summed E-state index contributed by atoms with van der Waals surface area (Å²) >= 11 is 1.20. The molecule has 0 radical (unpaired) electrons. The molecule has 0 saturated carbocycles. The standard InChI is InChI=1S/C13H11FN4O2S/c14-8-2-1-3-9(19)10(8)12-17-18-11(7-4-5-20-6-7)15-16-13(18)21-12/h1-3,7,19H,4-6H2. The first kappa shape index (κ1) is 12.7. The van der Waals surface area contributed by atoms with Crippen LogP contribution in [0.1, 0.15) is 18.2 Å². The number of hydrogen-bond acceptors (Lipinski definition) is 6. The van der Waals surface area contributed by atoms with E-state index in [-0.39, 0.29) is 17.2 Å². The van der Waals surface area contributed by atoms with E-state index in [1.165, 1.54) is 29.5 Å². The van der Waals surface area contributed by atoms with Crippen LogP contribution in [0.25, 0.3) is 15.5 Å². The Morgan fingerprint density at radius 1 is 1.38 bits per heavy atom. The van der Waals surface area contributed by atoms with Crippen LogP contribution in [0.4, 0.5) is 4.39 Å². The number of fused-ring (bicyclic) bond motifs is 1. The van der Waals surface area contributed by atoms with Gasteiger partial charge in [0.05, 0.1) is 12.2 Å². The summed E-state index contributed by atoms with van der Waals surface area (Å²) in [7, 11) is 0. The van der Waals surface area contributed by atoms with Crippen molar-refractivity contribution in [3.8, 4) is 16.3 Å². The van der Waals surface area contributed by atoms with E-state index in [0.717, 1.165) is 12.2 Å². The number of aromatic nitrogens is 4. The lowest BCUT2D eigenvalue weighted by atomic mass is 10.1. The fraction of sp³-hybridized carbons (Fsp3) is 0.308. The smallest absolute Gasteiger partial charge is 0.234 e. The van der Waals surface area contributed by atoms with Crippen molar-refractivity contribution in [1.82, 2.24) is 19.8 Å². The minimum atomic E-state index is -0.509. The number of phenolic OH excluding ortho intramolecular Hbond substituents is 1. The van der Waals surface area contributed by atoms with E-state index in [0.29, 0.717) is 23.2 Å². The first-order valence-electron chi connectivity index (χ1n) is 6.52. The summed E-state index contributed by atoms with van der Waals surface area (Å²) in [5, 5.41) is 22.8. The van der Waals surface area contributed by atoms with Gasteiger partial charge in [0.25, 0.3) is 0 Å². The Morgan fingerprint density at radius 2 is 2.29 bits per heavy atom. The lowest BCUT2D eigenvalue weighted by Crippen LogP contribution is -2.04. The quantitative estimate of drug-likeness (QED) is 0.786. The monoisotopic (exact) mass is 306 g/mol. The summed E-state index contributed by atoms with van der Waals surface area (Å²) in [5.41, 5.74) is 0.0987. The lowest BCUT2D eigenvalue weighted by Gasteiger charge is -2.03. The van der Waals surface area contributed by atoms with E-state index >= 15 is 0 Å². The molecule has 21 heavy (non-hydrogen) atoms. The van der Waals surface area contributed by atoms with Gasteiger partial charge in [-0.3, -0.25) is 0 Å². The Labute approximate surface area is 122 Å². The minimum Gasteiger partial charge on any atom is -0.507 e. The van der Waals surface area contributed by atoms with Gasteiger partial charge in [-0.25, -0.2) is 4.39 Å². The Balaban J connectivity index is 1.84. The van der Waals surface area contributed by atoms with Crippen molar-refractivity contribution in [1.29, 1.82) is 0 Å². The molecule has 0 bridgehead atoms. The van der Waals surface area contributed by atoms with Gasteiger partial charge in [0.15, 0.2) is 10.8 Å². The molecule has 1 unspecified atom stereocenters. The maximum atomic E-state index is 13.9. The van der Waals surface area contributed by atoms with Crippen LogP contribution in [0.3, 0.4) is 0 Å². The van der Waals surface area contributed by atoms with Gasteiger partial charge in [0.1, 0.15) is 11.6 Å². The molecule has 4 rings (SSSR count). The average molecular weight is 306 g/mol. The van der Waals surface area contributed by atoms with E-state index in [4.69, 9.17) is 4.74 Å². The Kier molecular flexibility index (Phi) is 2.86. The third kappa shape index (κ3) is 1.98. The second kappa shape index (κ2) is 4.74. The van der Waals surface area contributed by atoms with Crippen LogP contribution < -0.4 is 0 Å². The minimum absolute atomic E-state index is 0.0987. The van der Waals surface area contributed by atoms with Gasteiger partial charge in [-0.15, -0.1) is 10.2 Å². The fourth-order valence-corrected chi connectivity index (χ4v) is 3.35. The Bertz CT molecular complexity index is 789. The normalized spacial score (nSPS) is 18.6. The van der Waals surface area contributed by atoms with E-state index < -0.39 is 5.82 Å². The van der Waals surface area contributed by atoms with E-state index in [9.17, 15) is 9.50 Å². The van der Waals surface area contributed by atoms with Gasteiger partial charge < -0.3 is 9.84 Å². The molecule has 6 nitrogen and oxygen atoms in total. The Hall–Kier alpha value is -2.06. The number of rotatable bonds is 2. The zero-order valence-electron chi connectivity index (χ0n) is 10.9. The molecule has 1 aliphatic rings. The summed E-state index contributed by atoms with van der Waals surface area (Å²) in [5.74, 6) is 0.237. The molecule has 0 amide bonds. The van der Waals surface area contributed by atoms with Crippen LogP contribution in [0.2, 0.25) is 0 Å². The number of hydrogen-bond donors (Lipinski definition) is 1. The topological polar surface area (TPSA) is 72.5 Å². The second-order valence-electron chi connectivity index (χ2n) is 4.85. The van der Waals surface area contributed by atoms with Gasteiger partial charge >= 0.3 is 0 Å². The Morgan fingerprint density at radius 3 is 3.05 bits per heavy atom. The molecule has 0 aliphatic carbocycles. The molecule has 1 saturated heterocycles. The predicted molar refractivity (Wildman–Crippen MR) is 73.9 cm³/mol. The molecule has 1 aromatic carbocycles. The van der Waals surface area contributed by atoms with Crippen molar-refractivity contribution in [3.05, 3.63) is 29.8 Å². The highest BCUT2D eigenvalue weighted by Gasteiger charge is 2.26. The second-order valence-corrected chi connectivity index (χ2v) is 5.81. The maximum absolute atomic E-state index is 13.9. The van der Waals surface area contributed by atoms with Crippen LogP contribution in [-0.4, -0.2) is 38.1 Å². The largest absolute Gasteiger partial charge is 0.507 e. The molecule has 0 spiro atoms. The SMILES string of the molecule is Oc1cccc(F)c1-c1nn2c(C3CCOC3)nnc2s1. The molecule has 1 atom stereocenters. The molecule has 8 heteroatoms. The van der Waals surface area contributed by atoms with E-state index in [1.54, 1.807) is 4.52 Å². The van der Waals surface area contributed by atoms with Crippen molar-refractivity contribution < 1.29 is 14.2 Å². The molecule has 1 fully saturated rings. The highest BCUT2D eigenvalue weighted by Crippen LogP contribution is 2.35. The van der Waals surface area contributed by atoms with Crippen molar-refractivity contribution in [2.75, 3.05) is 13.2 Å². The van der Waals surface area contributed by atoms with Crippen LogP contribution in [0.5, 0.6) is 5.75 Å². The van der Waals surface area contributed by atoms with Gasteiger partial charge in [0.2, 0.25) is 4.96 Å². The molecule has 3 aromatic rings. The maximum Gasteiger partial charge on any atom is 0.234 e. The average Bonchev–Trinajstić information content (AvgIpc) is 3.13. The van der Waals surface area contributed by atoms with E-state index in [1.807, 2.05) is 0 Å². The highest BCUT2D eigenvalue weighted by molar-refractivity contribution is 7.19.